The Kier molecular flexibility index (Phi) is 4.36. The van der Waals surface area contributed by atoms with Crippen LogP contribution in [0.4, 0.5) is 0 Å². The van der Waals surface area contributed by atoms with Gasteiger partial charge in [0.05, 0.1) is 6.10 Å². The van der Waals surface area contributed by atoms with E-state index >= 15 is 0 Å². The van der Waals surface area contributed by atoms with E-state index in [0.717, 1.165) is 25.8 Å². The Balaban J connectivity index is 2.61. The third-order valence-corrected chi connectivity index (χ3v) is 3.97. The van der Waals surface area contributed by atoms with Gasteiger partial charge in [-0.05, 0) is 24.7 Å². The van der Waals surface area contributed by atoms with Crippen LogP contribution in [0, 0.1) is 11.3 Å². The highest BCUT2D eigenvalue weighted by atomic mass is 16.3. The summed E-state index contributed by atoms with van der Waals surface area (Å²) >= 11 is 0. The van der Waals surface area contributed by atoms with E-state index in [2.05, 4.69) is 27.7 Å². The molecule has 0 spiro atoms. The van der Waals surface area contributed by atoms with Gasteiger partial charge in [0.15, 0.2) is 0 Å². The monoisotopic (exact) mass is 227 g/mol. The molecule has 3 heteroatoms. The molecule has 0 aromatic rings. The number of piperidine rings is 1. The van der Waals surface area contributed by atoms with Crippen molar-refractivity contribution in [2.75, 3.05) is 13.1 Å². The van der Waals surface area contributed by atoms with Gasteiger partial charge in [-0.3, -0.25) is 4.79 Å². The van der Waals surface area contributed by atoms with Crippen molar-refractivity contribution < 1.29 is 9.90 Å². The van der Waals surface area contributed by atoms with E-state index in [1.54, 1.807) is 0 Å². The number of rotatable bonds is 3. The number of carbonyl (C=O) groups is 1. The molecule has 1 rings (SSSR count). The van der Waals surface area contributed by atoms with Crippen LogP contribution < -0.4 is 0 Å². The molecule has 16 heavy (non-hydrogen) atoms. The molecule has 1 atom stereocenters. The third kappa shape index (κ3) is 2.76. The molecule has 1 aliphatic rings. The minimum atomic E-state index is -0.389. The van der Waals surface area contributed by atoms with Gasteiger partial charge in [-0.2, -0.15) is 0 Å². The molecule has 0 radical (unpaired) electrons. The van der Waals surface area contributed by atoms with E-state index in [0.29, 0.717) is 6.54 Å². The summed E-state index contributed by atoms with van der Waals surface area (Å²) in [7, 11) is 0. The molecule has 1 unspecified atom stereocenters. The molecule has 1 N–H and O–H groups in total. The fraction of sp³-hybridized carbons (Fsp3) is 0.923. The van der Waals surface area contributed by atoms with Gasteiger partial charge in [-0.1, -0.05) is 27.7 Å². The summed E-state index contributed by atoms with van der Waals surface area (Å²) in [6.45, 7) is 9.53. The second kappa shape index (κ2) is 5.17. The van der Waals surface area contributed by atoms with Crippen molar-refractivity contribution in [1.29, 1.82) is 0 Å². The first kappa shape index (κ1) is 13.5. The van der Waals surface area contributed by atoms with Crippen LogP contribution in [0.25, 0.3) is 0 Å². The Morgan fingerprint density at radius 3 is 2.44 bits per heavy atom. The first-order chi connectivity index (χ1) is 7.42. The Morgan fingerprint density at radius 1 is 1.44 bits per heavy atom. The summed E-state index contributed by atoms with van der Waals surface area (Å²) in [5.74, 6) is 0.355. The number of amides is 1. The van der Waals surface area contributed by atoms with Gasteiger partial charge in [0.1, 0.15) is 0 Å². The lowest BCUT2D eigenvalue weighted by Gasteiger charge is -2.42. The van der Waals surface area contributed by atoms with Crippen molar-refractivity contribution in [2.45, 2.75) is 53.1 Å². The van der Waals surface area contributed by atoms with Crippen molar-refractivity contribution in [3.05, 3.63) is 0 Å². The van der Waals surface area contributed by atoms with Gasteiger partial charge in [-0.25, -0.2) is 0 Å². The van der Waals surface area contributed by atoms with Crippen LogP contribution in [-0.4, -0.2) is 35.1 Å². The van der Waals surface area contributed by atoms with E-state index in [4.69, 9.17) is 0 Å². The maximum absolute atomic E-state index is 12.1. The summed E-state index contributed by atoms with van der Waals surface area (Å²) < 4.78 is 0. The van der Waals surface area contributed by atoms with Gasteiger partial charge in [0.2, 0.25) is 5.91 Å². The lowest BCUT2D eigenvalue weighted by Crippen LogP contribution is -2.51. The fourth-order valence-electron chi connectivity index (χ4n) is 2.23. The molecular weight excluding hydrogens is 202 g/mol. The van der Waals surface area contributed by atoms with Crippen LogP contribution >= 0.6 is 0 Å². The van der Waals surface area contributed by atoms with Crippen molar-refractivity contribution in [3.8, 4) is 0 Å². The molecular formula is C13H25NO2. The first-order valence-corrected chi connectivity index (χ1v) is 6.39. The Labute approximate surface area is 98.8 Å². The van der Waals surface area contributed by atoms with Crippen molar-refractivity contribution in [3.63, 3.8) is 0 Å². The third-order valence-electron chi connectivity index (χ3n) is 3.97. The first-order valence-electron chi connectivity index (χ1n) is 6.39. The molecule has 0 saturated carbocycles. The van der Waals surface area contributed by atoms with Crippen molar-refractivity contribution >= 4 is 5.91 Å². The lowest BCUT2D eigenvalue weighted by molar-refractivity contribution is -0.142. The molecule has 0 aromatic heterocycles. The Morgan fingerprint density at radius 2 is 2.00 bits per heavy atom. The zero-order valence-corrected chi connectivity index (χ0v) is 11.0. The molecule has 3 nitrogen and oxygen atoms in total. The van der Waals surface area contributed by atoms with Crippen LogP contribution in [0.1, 0.15) is 47.0 Å². The highest BCUT2D eigenvalue weighted by molar-refractivity contribution is 5.78. The van der Waals surface area contributed by atoms with Gasteiger partial charge in [-0.15, -0.1) is 0 Å². The molecule has 0 aromatic carbocycles. The topological polar surface area (TPSA) is 40.5 Å². The second-order valence-corrected chi connectivity index (χ2v) is 5.55. The highest BCUT2D eigenvalue weighted by Gasteiger charge is 2.36. The van der Waals surface area contributed by atoms with Crippen LogP contribution in [0.15, 0.2) is 0 Å². The predicted octanol–water partition coefficient (Wildman–Crippen LogP) is 2.04. The molecule has 1 amide bonds. The minimum Gasteiger partial charge on any atom is -0.391 e. The normalized spacial score (nSPS) is 24.9. The second-order valence-electron chi connectivity index (χ2n) is 5.55. The number of likely N-dealkylation sites (tertiary alicyclic amines) is 1. The standard InChI is InChI=1S/C13H25NO2/c1-5-10(6-2)12(16)14-8-7-13(3,4)11(15)9-14/h10-11,15H,5-9H2,1-4H3. The van der Waals surface area contributed by atoms with E-state index in [-0.39, 0.29) is 23.3 Å². The van der Waals surface area contributed by atoms with Crippen LogP contribution in [-0.2, 0) is 4.79 Å². The van der Waals surface area contributed by atoms with Crippen LogP contribution in [0.2, 0.25) is 0 Å². The van der Waals surface area contributed by atoms with Crippen molar-refractivity contribution in [1.82, 2.24) is 4.90 Å². The van der Waals surface area contributed by atoms with Gasteiger partial charge < -0.3 is 10.0 Å². The van der Waals surface area contributed by atoms with E-state index in [9.17, 15) is 9.90 Å². The zero-order chi connectivity index (χ0) is 12.3. The fourth-order valence-corrected chi connectivity index (χ4v) is 2.23. The minimum absolute atomic E-state index is 0.0509. The number of hydrogen-bond acceptors (Lipinski definition) is 2. The number of hydrogen-bond donors (Lipinski definition) is 1. The number of aliphatic hydroxyl groups excluding tert-OH is 1. The van der Waals surface area contributed by atoms with E-state index < -0.39 is 0 Å². The SMILES string of the molecule is CCC(CC)C(=O)N1CCC(C)(C)C(O)C1. The maximum atomic E-state index is 12.1. The largest absolute Gasteiger partial charge is 0.391 e. The summed E-state index contributed by atoms with van der Waals surface area (Å²) in [6.07, 6.45) is 2.29. The van der Waals surface area contributed by atoms with E-state index in [1.807, 2.05) is 4.90 Å². The molecule has 1 fully saturated rings. The lowest BCUT2D eigenvalue weighted by atomic mass is 9.79. The number of aliphatic hydroxyl groups is 1. The van der Waals surface area contributed by atoms with E-state index in [1.165, 1.54) is 0 Å². The quantitative estimate of drug-likeness (QED) is 0.801. The zero-order valence-electron chi connectivity index (χ0n) is 11.0. The number of nitrogens with zero attached hydrogens (tertiary/aromatic N) is 1. The summed E-state index contributed by atoms with van der Waals surface area (Å²) in [6, 6.07) is 0. The van der Waals surface area contributed by atoms with Gasteiger partial charge >= 0.3 is 0 Å². The van der Waals surface area contributed by atoms with Crippen molar-refractivity contribution in [2.24, 2.45) is 11.3 Å². The molecule has 94 valence electrons. The molecule has 1 aliphatic heterocycles. The van der Waals surface area contributed by atoms with Gasteiger partial charge in [0, 0.05) is 19.0 Å². The van der Waals surface area contributed by atoms with Crippen LogP contribution in [0.3, 0.4) is 0 Å². The van der Waals surface area contributed by atoms with Crippen LogP contribution in [0.5, 0.6) is 0 Å². The maximum Gasteiger partial charge on any atom is 0.225 e. The Hall–Kier alpha value is -0.570. The average molecular weight is 227 g/mol. The summed E-state index contributed by atoms with van der Waals surface area (Å²) in [5.41, 5.74) is -0.0509. The molecule has 0 aliphatic carbocycles. The predicted molar refractivity (Wildman–Crippen MR) is 65.1 cm³/mol. The summed E-state index contributed by atoms with van der Waals surface area (Å²) in [5, 5.41) is 9.99. The smallest absolute Gasteiger partial charge is 0.225 e. The molecule has 0 bridgehead atoms. The number of carbonyl (C=O) groups excluding carboxylic acids is 1. The number of β-amino-alcohol motifs (C(OH)–C–C–N with tert-alkyl or cyclic N) is 1. The van der Waals surface area contributed by atoms with Gasteiger partial charge in [0.25, 0.3) is 0 Å². The molecule has 1 heterocycles. The molecule has 1 saturated heterocycles. The average Bonchev–Trinajstić information content (AvgIpc) is 2.23. The highest BCUT2D eigenvalue weighted by Crippen LogP contribution is 2.31. The Bertz CT molecular complexity index is 246. The summed E-state index contributed by atoms with van der Waals surface area (Å²) in [4.78, 5) is 14.0.